The zero-order valence-electron chi connectivity index (χ0n) is 17.9. The van der Waals surface area contributed by atoms with Crippen molar-refractivity contribution in [2.75, 3.05) is 26.2 Å². The molecule has 1 spiro atoms. The molecule has 4 nitrogen and oxygen atoms in total. The summed E-state index contributed by atoms with van der Waals surface area (Å²) in [6.07, 6.45) is 5.79. The average molecular weight is 460 g/mol. The van der Waals surface area contributed by atoms with Crippen LogP contribution in [0.3, 0.4) is 0 Å². The normalized spacial score (nSPS) is 21.9. The summed E-state index contributed by atoms with van der Waals surface area (Å²) >= 11 is 0. The van der Waals surface area contributed by atoms with Crippen LogP contribution in [0.5, 0.6) is 5.75 Å². The molecule has 2 aliphatic carbocycles. The molecule has 1 heterocycles. The molecule has 3 aliphatic rings. The second-order valence-electron chi connectivity index (χ2n) is 9.78. The van der Waals surface area contributed by atoms with Gasteiger partial charge in [0.2, 0.25) is 0 Å². The second kappa shape index (κ2) is 9.15. The first-order valence-electron chi connectivity index (χ1n) is 11.3. The number of rotatable bonds is 8. The Morgan fingerprint density at radius 1 is 1.16 bits per heavy atom. The molecule has 0 bridgehead atoms. The third-order valence-electron chi connectivity index (χ3n) is 7.11. The topological polar surface area (TPSA) is 41.6 Å². The fraction of sp³-hybridized carbons (Fsp3) is 0.696. The highest BCUT2D eigenvalue weighted by molar-refractivity contribution is 5.94. The number of nitrogens with one attached hydrogen (secondary N) is 1. The summed E-state index contributed by atoms with van der Waals surface area (Å²) in [5.74, 6) is -4.71. The standard InChI is InChI=1S/C23H29F5N2O2/c24-18-6-16(7-19(8-18)32-21(25)26)20(31)29-11-15-9-22(10-15)12-30(13-22)14-23(27,28)17-4-2-1-3-5-17/h6-8,15,17,21H,1-5,9-14H2,(H,29,31). The number of nitrogens with zero attached hydrogens (tertiary/aromatic N) is 1. The Bertz CT molecular complexity index is 815. The van der Waals surface area contributed by atoms with E-state index in [2.05, 4.69) is 10.1 Å². The number of hydrogen-bond donors (Lipinski definition) is 1. The minimum atomic E-state index is -3.11. The molecule has 9 heteroatoms. The van der Waals surface area contributed by atoms with E-state index in [1.54, 1.807) is 0 Å². The third kappa shape index (κ3) is 5.35. The zero-order valence-corrected chi connectivity index (χ0v) is 17.9. The predicted octanol–water partition coefficient (Wildman–Crippen LogP) is 5.08. The van der Waals surface area contributed by atoms with Gasteiger partial charge in [-0.2, -0.15) is 8.78 Å². The summed E-state index contributed by atoms with van der Waals surface area (Å²) in [4.78, 5) is 14.1. The molecule has 0 radical (unpaired) electrons. The Morgan fingerprint density at radius 2 is 1.84 bits per heavy atom. The van der Waals surface area contributed by atoms with E-state index in [4.69, 9.17) is 0 Å². The maximum absolute atomic E-state index is 14.6. The lowest BCUT2D eigenvalue weighted by Gasteiger charge is -2.60. The third-order valence-corrected chi connectivity index (χ3v) is 7.11. The lowest BCUT2D eigenvalue weighted by molar-refractivity contribution is -0.154. The average Bonchev–Trinajstić information content (AvgIpc) is 2.67. The monoisotopic (exact) mass is 460 g/mol. The van der Waals surface area contributed by atoms with E-state index in [0.29, 0.717) is 32.5 Å². The predicted molar refractivity (Wildman–Crippen MR) is 108 cm³/mol. The minimum Gasteiger partial charge on any atom is -0.435 e. The molecule has 32 heavy (non-hydrogen) atoms. The van der Waals surface area contributed by atoms with Crippen molar-refractivity contribution in [1.29, 1.82) is 0 Å². The summed E-state index contributed by atoms with van der Waals surface area (Å²) in [5.41, 5.74) is -0.0238. The highest BCUT2D eigenvalue weighted by Crippen LogP contribution is 2.52. The number of carbonyl (C=O) groups excluding carboxylic acids is 1. The van der Waals surface area contributed by atoms with E-state index in [1.165, 1.54) is 0 Å². The van der Waals surface area contributed by atoms with Crippen molar-refractivity contribution in [1.82, 2.24) is 10.2 Å². The van der Waals surface area contributed by atoms with Crippen LogP contribution in [0.15, 0.2) is 18.2 Å². The van der Waals surface area contributed by atoms with Gasteiger partial charge in [0, 0.05) is 37.2 Å². The summed E-state index contributed by atoms with van der Waals surface area (Å²) in [5, 5.41) is 2.70. The molecule has 178 valence electrons. The molecule has 3 fully saturated rings. The Morgan fingerprint density at radius 3 is 2.50 bits per heavy atom. The van der Waals surface area contributed by atoms with Gasteiger partial charge in [0.1, 0.15) is 11.6 Å². The summed E-state index contributed by atoms with van der Waals surface area (Å²) < 4.78 is 71.5. The highest BCUT2D eigenvalue weighted by atomic mass is 19.3. The lowest BCUT2D eigenvalue weighted by atomic mass is 9.57. The molecule has 1 aromatic carbocycles. The van der Waals surface area contributed by atoms with Crippen LogP contribution in [0.1, 0.15) is 55.3 Å². The maximum atomic E-state index is 14.6. The van der Waals surface area contributed by atoms with Crippen LogP contribution in [-0.2, 0) is 0 Å². The van der Waals surface area contributed by atoms with Crippen LogP contribution in [0.25, 0.3) is 0 Å². The number of hydrogen-bond acceptors (Lipinski definition) is 3. The van der Waals surface area contributed by atoms with E-state index in [0.717, 1.165) is 50.3 Å². The van der Waals surface area contributed by atoms with Crippen molar-refractivity contribution in [2.24, 2.45) is 17.3 Å². The number of alkyl halides is 4. The van der Waals surface area contributed by atoms with Crippen LogP contribution in [0.4, 0.5) is 22.0 Å². The Hall–Kier alpha value is -1.90. The van der Waals surface area contributed by atoms with Crippen molar-refractivity contribution in [3.63, 3.8) is 0 Å². The largest absolute Gasteiger partial charge is 0.435 e. The van der Waals surface area contributed by atoms with Crippen LogP contribution < -0.4 is 10.1 Å². The van der Waals surface area contributed by atoms with Crippen LogP contribution in [0, 0.1) is 23.1 Å². The van der Waals surface area contributed by atoms with Gasteiger partial charge in [-0.05, 0) is 49.1 Å². The van der Waals surface area contributed by atoms with E-state index >= 15 is 0 Å². The number of halogens is 5. The molecule has 2 saturated carbocycles. The zero-order chi connectivity index (χ0) is 22.9. The van der Waals surface area contributed by atoms with Gasteiger partial charge in [0.15, 0.2) is 0 Å². The molecule has 0 unspecified atom stereocenters. The fourth-order valence-corrected chi connectivity index (χ4v) is 5.74. The Balaban J connectivity index is 1.19. The fourth-order valence-electron chi connectivity index (χ4n) is 5.74. The van der Waals surface area contributed by atoms with E-state index in [1.807, 2.05) is 4.90 Å². The Kier molecular flexibility index (Phi) is 6.66. The van der Waals surface area contributed by atoms with Crippen LogP contribution in [-0.4, -0.2) is 49.5 Å². The smallest absolute Gasteiger partial charge is 0.387 e. The molecule has 1 aromatic rings. The first-order valence-corrected chi connectivity index (χ1v) is 11.3. The van der Waals surface area contributed by atoms with Gasteiger partial charge in [-0.25, -0.2) is 13.2 Å². The summed E-state index contributed by atoms with van der Waals surface area (Å²) in [6, 6.07) is 2.83. The quantitative estimate of drug-likeness (QED) is 0.550. The molecule has 4 rings (SSSR count). The Labute approximate surface area is 184 Å². The molecule has 1 N–H and O–H groups in total. The van der Waals surface area contributed by atoms with Crippen molar-refractivity contribution < 1.29 is 31.5 Å². The highest BCUT2D eigenvalue weighted by Gasteiger charge is 2.54. The summed E-state index contributed by atoms with van der Waals surface area (Å²) in [6.45, 7) is -1.57. The number of carbonyl (C=O) groups is 1. The number of amides is 1. The van der Waals surface area contributed by atoms with Crippen molar-refractivity contribution in [3.05, 3.63) is 29.6 Å². The van der Waals surface area contributed by atoms with Crippen LogP contribution >= 0.6 is 0 Å². The number of ether oxygens (including phenoxy) is 1. The van der Waals surface area contributed by atoms with Gasteiger partial charge in [-0.1, -0.05) is 19.3 Å². The summed E-state index contributed by atoms with van der Waals surface area (Å²) in [7, 11) is 0. The SMILES string of the molecule is O=C(NCC1CC2(C1)CN(CC(F)(F)C1CCCCC1)C2)c1cc(F)cc(OC(F)F)c1. The second-order valence-corrected chi connectivity index (χ2v) is 9.78. The molecular formula is C23H29F5N2O2. The molecule has 1 amide bonds. The van der Waals surface area contributed by atoms with Crippen molar-refractivity contribution in [3.8, 4) is 5.75 Å². The minimum absolute atomic E-state index is 0.0647. The van der Waals surface area contributed by atoms with E-state index < -0.39 is 35.9 Å². The van der Waals surface area contributed by atoms with Crippen molar-refractivity contribution >= 4 is 5.91 Å². The van der Waals surface area contributed by atoms with E-state index in [9.17, 15) is 26.7 Å². The molecule has 0 atom stereocenters. The first-order chi connectivity index (χ1) is 15.1. The van der Waals surface area contributed by atoms with Gasteiger partial charge in [-0.3, -0.25) is 9.69 Å². The first kappa shape index (κ1) is 23.3. The molecule has 0 aromatic heterocycles. The molecule has 1 aliphatic heterocycles. The van der Waals surface area contributed by atoms with Gasteiger partial charge in [0.05, 0.1) is 6.54 Å². The van der Waals surface area contributed by atoms with Gasteiger partial charge >= 0.3 is 6.61 Å². The van der Waals surface area contributed by atoms with E-state index in [-0.39, 0.29) is 23.4 Å². The van der Waals surface area contributed by atoms with Gasteiger partial charge in [0.25, 0.3) is 11.8 Å². The van der Waals surface area contributed by atoms with Crippen LogP contribution in [0.2, 0.25) is 0 Å². The number of benzene rings is 1. The lowest BCUT2D eigenvalue weighted by Crippen LogP contribution is -2.65. The van der Waals surface area contributed by atoms with Crippen molar-refractivity contribution in [2.45, 2.75) is 57.5 Å². The molecular weight excluding hydrogens is 431 g/mol. The van der Waals surface area contributed by atoms with Gasteiger partial charge in [-0.15, -0.1) is 0 Å². The molecule has 1 saturated heterocycles. The number of likely N-dealkylation sites (tertiary alicyclic amines) is 1. The maximum Gasteiger partial charge on any atom is 0.387 e. The van der Waals surface area contributed by atoms with Gasteiger partial charge < -0.3 is 10.1 Å².